The molecule has 4 rings (SSSR count). The fraction of sp³-hybridized carbons (Fsp3) is 0.607. The average Bonchev–Trinajstić information content (AvgIpc) is 3.16. The molecule has 10 nitrogen and oxygen atoms in total. The normalized spacial score (nSPS) is 22.7. The number of hydrogen-bond acceptors (Lipinski definition) is 9. The smallest absolute Gasteiger partial charge is 0.425 e. The van der Waals surface area contributed by atoms with Gasteiger partial charge in [0, 0.05) is 37.8 Å². The number of piperazine rings is 1. The molecular weight excluding hydrogens is 524 g/mol. The van der Waals surface area contributed by atoms with Gasteiger partial charge in [0.15, 0.2) is 0 Å². The first kappa shape index (κ1) is 29.3. The highest BCUT2D eigenvalue weighted by Gasteiger charge is 2.44. The molecule has 2 atom stereocenters. The van der Waals surface area contributed by atoms with Gasteiger partial charge in [-0.05, 0) is 72.1 Å². The maximum atomic E-state index is 13.1. The van der Waals surface area contributed by atoms with Crippen molar-refractivity contribution >= 4 is 46.1 Å². The number of aliphatic hydroxyl groups excluding tert-OH is 1. The quantitative estimate of drug-likeness (QED) is 0.562. The van der Waals surface area contributed by atoms with Crippen LogP contribution in [0.2, 0.25) is 5.02 Å². The predicted molar refractivity (Wildman–Crippen MR) is 151 cm³/mol. The lowest BCUT2D eigenvalue weighted by Gasteiger charge is -2.45. The fourth-order valence-corrected chi connectivity index (χ4v) is 5.09. The minimum Gasteiger partial charge on any atom is -0.443 e. The van der Waals surface area contributed by atoms with Crippen LogP contribution in [0.15, 0.2) is 24.4 Å². The van der Waals surface area contributed by atoms with Gasteiger partial charge in [-0.2, -0.15) is 4.90 Å². The van der Waals surface area contributed by atoms with Crippen LogP contribution in [0.3, 0.4) is 0 Å². The molecule has 11 heteroatoms. The van der Waals surface area contributed by atoms with Crippen molar-refractivity contribution in [3.05, 3.63) is 29.4 Å². The lowest BCUT2D eigenvalue weighted by molar-refractivity contribution is 0.00884. The van der Waals surface area contributed by atoms with Crippen LogP contribution < -0.4 is 9.80 Å². The van der Waals surface area contributed by atoms with Crippen molar-refractivity contribution in [2.45, 2.75) is 71.3 Å². The van der Waals surface area contributed by atoms with E-state index in [2.05, 4.69) is 14.8 Å². The number of fused-ring (bicyclic) bond motifs is 1. The Balaban J connectivity index is 1.62. The standard InChI is InChI=1S/C28H39ClN4O6/c1-26(2,3)38-24(35)33(25(36)39-27(4,5)6)23-14-18-13-21(20(29)12-19(18)15-30-23)31-8-10-32(11-9-31)28(7)17-37-16-22(28)34/h12-15,22,34H,8-11,16-17H2,1-7H3/t22-,28+/m0/s1. The van der Waals surface area contributed by atoms with E-state index in [1.165, 1.54) is 0 Å². The zero-order valence-electron chi connectivity index (χ0n) is 23.8. The highest BCUT2D eigenvalue weighted by atomic mass is 35.5. The van der Waals surface area contributed by atoms with Gasteiger partial charge in [0.2, 0.25) is 0 Å². The van der Waals surface area contributed by atoms with Gasteiger partial charge in [0.1, 0.15) is 17.0 Å². The lowest BCUT2D eigenvalue weighted by Crippen LogP contribution is -2.60. The van der Waals surface area contributed by atoms with Crippen LogP contribution >= 0.6 is 11.6 Å². The number of benzene rings is 1. The number of anilines is 2. The second kappa shape index (κ2) is 10.7. The minimum atomic E-state index is -0.875. The molecule has 0 saturated carbocycles. The summed E-state index contributed by atoms with van der Waals surface area (Å²) < 4.78 is 16.5. The van der Waals surface area contributed by atoms with E-state index in [9.17, 15) is 14.7 Å². The molecule has 39 heavy (non-hydrogen) atoms. The van der Waals surface area contributed by atoms with Gasteiger partial charge in [0.25, 0.3) is 0 Å². The molecule has 2 aliphatic heterocycles. The molecule has 214 valence electrons. The number of ether oxygens (including phenoxy) is 3. The van der Waals surface area contributed by atoms with E-state index in [0.29, 0.717) is 31.3 Å². The Bertz CT molecular complexity index is 1210. The van der Waals surface area contributed by atoms with Crippen LogP contribution in [0.4, 0.5) is 21.1 Å². The van der Waals surface area contributed by atoms with Gasteiger partial charge < -0.3 is 24.2 Å². The fourth-order valence-electron chi connectivity index (χ4n) is 4.80. The number of pyridine rings is 1. The van der Waals surface area contributed by atoms with E-state index in [0.717, 1.165) is 34.4 Å². The highest BCUT2D eigenvalue weighted by Crippen LogP contribution is 2.35. The topological polar surface area (TPSA) is 105 Å². The third kappa shape index (κ3) is 6.57. The molecule has 2 saturated heterocycles. The Morgan fingerprint density at radius 1 is 1.03 bits per heavy atom. The Kier molecular flexibility index (Phi) is 8.06. The third-order valence-electron chi connectivity index (χ3n) is 6.88. The summed E-state index contributed by atoms with van der Waals surface area (Å²) >= 11 is 6.70. The summed E-state index contributed by atoms with van der Waals surface area (Å²) in [6.07, 6.45) is -0.694. The number of nitrogens with zero attached hydrogens (tertiary/aromatic N) is 4. The number of carbonyl (C=O) groups excluding carboxylic acids is 2. The summed E-state index contributed by atoms with van der Waals surface area (Å²) in [6, 6.07) is 5.43. The average molecular weight is 563 g/mol. The second-order valence-corrected chi connectivity index (χ2v) is 12.8. The monoisotopic (exact) mass is 562 g/mol. The Morgan fingerprint density at radius 2 is 1.62 bits per heavy atom. The maximum Gasteiger partial charge on any atom is 0.425 e. The number of hydrogen-bond donors (Lipinski definition) is 1. The summed E-state index contributed by atoms with van der Waals surface area (Å²) in [5.41, 5.74) is -1.20. The molecule has 1 aromatic carbocycles. The highest BCUT2D eigenvalue weighted by molar-refractivity contribution is 6.34. The van der Waals surface area contributed by atoms with E-state index in [1.54, 1.807) is 53.8 Å². The van der Waals surface area contributed by atoms with E-state index in [1.807, 2.05) is 19.1 Å². The maximum absolute atomic E-state index is 13.1. The Morgan fingerprint density at radius 3 is 2.13 bits per heavy atom. The van der Waals surface area contributed by atoms with Crippen LogP contribution in [0, 0.1) is 0 Å². The summed E-state index contributed by atoms with van der Waals surface area (Å²) in [5, 5.41) is 12.5. The number of aliphatic hydroxyl groups is 1. The van der Waals surface area contributed by atoms with E-state index >= 15 is 0 Å². The van der Waals surface area contributed by atoms with Gasteiger partial charge in [-0.3, -0.25) is 4.90 Å². The van der Waals surface area contributed by atoms with E-state index < -0.39 is 35.0 Å². The van der Waals surface area contributed by atoms with Crippen molar-refractivity contribution in [1.82, 2.24) is 9.88 Å². The van der Waals surface area contributed by atoms with E-state index in [4.69, 9.17) is 25.8 Å². The Labute approximate surface area is 234 Å². The molecule has 0 aliphatic carbocycles. The summed E-state index contributed by atoms with van der Waals surface area (Å²) in [5.74, 6) is 0.0900. The predicted octanol–water partition coefficient (Wildman–Crippen LogP) is 4.84. The van der Waals surface area contributed by atoms with Gasteiger partial charge in [0.05, 0.1) is 35.6 Å². The van der Waals surface area contributed by atoms with E-state index in [-0.39, 0.29) is 5.82 Å². The van der Waals surface area contributed by atoms with Crippen molar-refractivity contribution in [2.24, 2.45) is 0 Å². The third-order valence-corrected chi connectivity index (χ3v) is 7.19. The molecule has 0 unspecified atom stereocenters. The van der Waals surface area contributed by atoms with Gasteiger partial charge in [-0.25, -0.2) is 14.6 Å². The number of imide groups is 1. The number of aromatic nitrogens is 1. The van der Waals surface area contributed by atoms with Crippen molar-refractivity contribution in [3.8, 4) is 0 Å². The molecule has 2 aromatic rings. The largest absolute Gasteiger partial charge is 0.443 e. The number of amides is 2. The van der Waals surface area contributed by atoms with Crippen LogP contribution in [-0.2, 0) is 14.2 Å². The number of carbonyl (C=O) groups is 2. The molecule has 2 amide bonds. The lowest BCUT2D eigenvalue weighted by atomic mass is 9.95. The van der Waals surface area contributed by atoms with Gasteiger partial charge in [-0.1, -0.05) is 11.6 Å². The van der Waals surface area contributed by atoms with Gasteiger partial charge >= 0.3 is 12.2 Å². The first-order chi connectivity index (χ1) is 18.1. The Hall–Kier alpha value is -2.66. The van der Waals surface area contributed by atoms with Crippen LogP contribution in [-0.4, -0.2) is 89.4 Å². The van der Waals surface area contributed by atoms with Crippen molar-refractivity contribution < 1.29 is 28.9 Å². The SMILES string of the molecule is CC(C)(C)OC(=O)N(C(=O)OC(C)(C)C)c1cc2cc(N3CCN([C@]4(C)COC[C@@H]4O)CC3)c(Cl)cc2cn1. The van der Waals surface area contributed by atoms with Crippen LogP contribution in [0.5, 0.6) is 0 Å². The molecule has 0 bridgehead atoms. The molecule has 1 N–H and O–H groups in total. The van der Waals surface area contributed by atoms with Crippen LogP contribution in [0.1, 0.15) is 48.5 Å². The summed E-state index contributed by atoms with van der Waals surface area (Å²) in [7, 11) is 0. The molecule has 0 radical (unpaired) electrons. The van der Waals surface area contributed by atoms with Crippen LogP contribution in [0.25, 0.3) is 10.8 Å². The summed E-state index contributed by atoms with van der Waals surface area (Å²) in [4.78, 5) is 35.8. The zero-order valence-corrected chi connectivity index (χ0v) is 24.5. The minimum absolute atomic E-state index is 0.0900. The second-order valence-electron chi connectivity index (χ2n) is 12.4. The molecule has 2 aliphatic rings. The first-order valence-electron chi connectivity index (χ1n) is 13.2. The molecular formula is C28H39ClN4O6. The van der Waals surface area contributed by atoms with Gasteiger partial charge in [-0.15, -0.1) is 0 Å². The first-order valence-corrected chi connectivity index (χ1v) is 13.6. The number of rotatable bonds is 3. The van der Waals surface area contributed by atoms with Crippen molar-refractivity contribution in [1.29, 1.82) is 0 Å². The zero-order chi connectivity index (χ0) is 28.8. The molecule has 2 fully saturated rings. The number of halogens is 1. The molecule has 0 spiro atoms. The van der Waals surface area contributed by atoms with Crippen molar-refractivity contribution in [3.63, 3.8) is 0 Å². The summed E-state index contributed by atoms with van der Waals surface area (Å²) in [6.45, 7) is 16.2. The van der Waals surface area contributed by atoms with Crippen molar-refractivity contribution in [2.75, 3.05) is 49.2 Å². The molecule has 1 aromatic heterocycles. The molecule has 3 heterocycles.